The van der Waals surface area contributed by atoms with Crippen molar-refractivity contribution in [3.63, 3.8) is 0 Å². The summed E-state index contributed by atoms with van der Waals surface area (Å²) < 4.78 is 23.4. The normalized spacial score (nSPS) is 14.3. The van der Waals surface area contributed by atoms with Crippen molar-refractivity contribution in [3.8, 4) is 62.7 Å². The van der Waals surface area contributed by atoms with Gasteiger partial charge < -0.3 is 39.1 Å². The lowest BCUT2D eigenvalue weighted by Gasteiger charge is -2.29. The molecular weight excluding hydrogens is 544 g/mol. The molecule has 0 radical (unpaired) electrons. The monoisotopic (exact) mass is 568 g/mol. The van der Waals surface area contributed by atoms with E-state index >= 15 is 0 Å². The Bertz CT molecular complexity index is 1920. The molecule has 6 rings (SSSR count). The average molecular weight is 569 g/mol. The molecule has 2 heterocycles. The zero-order valence-corrected chi connectivity index (χ0v) is 22.4. The summed E-state index contributed by atoms with van der Waals surface area (Å²) >= 11 is 0. The fourth-order valence-corrected chi connectivity index (χ4v) is 5.19. The van der Waals surface area contributed by atoms with Gasteiger partial charge in [0.1, 0.15) is 68.6 Å². The minimum absolute atomic E-state index is 0.0121. The average Bonchev–Trinajstić information content (AvgIpc) is 2.97. The lowest BCUT2D eigenvalue weighted by Crippen LogP contribution is -2.21. The van der Waals surface area contributed by atoms with Crippen molar-refractivity contribution in [2.75, 3.05) is 14.2 Å². The van der Waals surface area contributed by atoms with E-state index in [-0.39, 0.29) is 74.3 Å². The predicted octanol–water partition coefficient (Wildman–Crippen LogP) is 5.67. The van der Waals surface area contributed by atoms with Gasteiger partial charge in [-0.3, -0.25) is 9.59 Å². The first-order chi connectivity index (χ1) is 20.2. The molecule has 1 aromatic heterocycles. The predicted molar refractivity (Wildman–Crippen MR) is 152 cm³/mol. The van der Waals surface area contributed by atoms with Gasteiger partial charge >= 0.3 is 0 Å². The zero-order valence-electron chi connectivity index (χ0n) is 22.4. The second-order valence-corrected chi connectivity index (χ2v) is 9.70. The van der Waals surface area contributed by atoms with E-state index in [0.29, 0.717) is 11.1 Å². The molecule has 10 nitrogen and oxygen atoms in total. The second-order valence-electron chi connectivity index (χ2n) is 9.70. The highest BCUT2D eigenvalue weighted by Crippen LogP contribution is 2.55. The maximum atomic E-state index is 13.4. The fourth-order valence-electron chi connectivity index (χ4n) is 5.19. The lowest BCUT2D eigenvalue weighted by molar-refractivity contribution is 0.0846. The van der Waals surface area contributed by atoms with Gasteiger partial charge in [-0.25, -0.2) is 0 Å². The first-order valence-corrected chi connectivity index (χ1v) is 12.8. The molecule has 0 bridgehead atoms. The van der Waals surface area contributed by atoms with E-state index in [2.05, 4.69) is 0 Å². The molecule has 5 aromatic rings. The van der Waals surface area contributed by atoms with Crippen LogP contribution in [0.5, 0.6) is 40.2 Å². The zero-order chi connectivity index (χ0) is 29.7. The van der Waals surface area contributed by atoms with E-state index in [0.717, 1.165) is 0 Å². The van der Waals surface area contributed by atoms with Gasteiger partial charge in [-0.1, -0.05) is 12.1 Å². The summed E-state index contributed by atoms with van der Waals surface area (Å²) in [6, 6.07) is 16.1. The number of hydrogen-bond acceptors (Lipinski definition) is 10. The molecule has 0 amide bonds. The van der Waals surface area contributed by atoms with E-state index in [1.807, 2.05) is 0 Å². The summed E-state index contributed by atoms with van der Waals surface area (Å²) in [6.07, 6.45) is -0.885. The summed E-state index contributed by atoms with van der Waals surface area (Å²) in [4.78, 5) is 26.7. The number of benzene rings is 4. The Morgan fingerprint density at radius 1 is 0.762 bits per heavy atom. The Balaban J connectivity index is 1.60. The van der Waals surface area contributed by atoms with E-state index in [1.54, 1.807) is 24.3 Å². The number of rotatable bonds is 5. The molecule has 1 unspecified atom stereocenters. The Labute approximate surface area is 238 Å². The number of phenols is 4. The van der Waals surface area contributed by atoms with Crippen LogP contribution in [0.2, 0.25) is 0 Å². The highest BCUT2D eigenvalue weighted by Gasteiger charge is 2.36. The number of fused-ring (bicyclic) bond motifs is 2. The van der Waals surface area contributed by atoms with Crippen molar-refractivity contribution in [1.82, 2.24) is 0 Å². The highest BCUT2D eigenvalue weighted by molar-refractivity contribution is 6.08. The number of aromatic hydroxyl groups is 4. The van der Waals surface area contributed by atoms with E-state index < -0.39 is 23.1 Å². The molecule has 1 aliphatic rings. The van der Waals surface area contributed by atoms with Crippen molar-refractivity contribution in [2.24, 2.45) is 0 Å². The lowest BCUT2D eigenvalue weighted by atomic mass is 9.90. The number of phenolic OH excluding ortho intramolecular Hbond substituents is 4. The molecular formula is C32H24O10. The Kier molecular flexibility index (Phi) is 6.38. The molecule has 4 N–H and O–H groups in total. The summed E-state index contributed by atoms with van der Waals surface area (Å²) in [5.41, 5.74) is 0.535. The van der Waals surface area contributed by atoms with Gasteiger partial charge in [0, 0.05) is 23.8 Å². The third kappa shape index (κ3) is 4.29. The number of ether oxygens (including phenoxy) is 3. The minimum Gasteiger partial charge on any atom is -0.508 e. The first-order valence-electron chi connectivity index (χ1n) is 12.8. The molecule has 0 saturated heterocycles. The Morgan fingerprint density at radius 2 is 1.38 bits per heavy atom. The Hall–Kier alpha value is -5.64. The van der Waals surface area contributed by atoms with Crippen LogP contribution in [-0.2, 0) is 0 Å². The van der Waals surface area contributed by atoms with Crippen molar-refractivity contribution in [3.05, 3.63) is 88.1 Å². The van der Waals surface area contributed by atoms with Gasteiger partial charge in [0.15, 0.2) is 11.2 Å². The van der Waals surface area contributed by atoms with E-state index in [1.165, 1.54) is 56.7 Å². The van der Waals surface area contributed by atoms with E-state index in [4.69, 9.17) is 18.6 Å². The van der Waals surface area contributed by atoms with Crippen molar-refractivity contribution < 1.29 is 43.8 Å². The van der Waals surface area contributed by atoms with Crippen LogP contribution in [0.25, 0.3) is 33.4 Å². The van der Waals surface area contributed by atoms with Crippen LogP contribution < -0.4 is 19.6 Å². The maximum absolute atomic E-state index is 13.4. The largest absolute Gasteiger partial charge is 0.508 e. The minimum atomic E-state index is -0.789. The molecule has 1 aliphatic heterocycles. The number of carbonyl (C=O) groups excluding carboxylic acids is 1. The first kappa shape index (κ1) is 26.6. The third-order valence-corrected chi connectivity index (χ3v) is 7.20. The molecule has 0 fully saturated rings. The SMILES string of the molecule is COc1cc(O)c2c(c1-c1c(OC)cc3oc(-c4ccc(O)cc4)cc(=O)c3c1O)OC(c1ccc(O)cc1)CC2=O. The molecule has 10 heteroatoms. The van der Waals surface area contributed by atoms with Gasteiger partial charge in [-0.15, -0.1) is 0 Å². The van der Waals surface area contributed by atoms with Crippen LogP contribution >= 0.6 is 0 Å². The molecule has 212 valence electrons. The van der Waals surface area contributed by atoms with Crippen LogP contribution in [0.3, 0.4) is 0 Å². The molecule has 0 spiro atoms. The third-order valence-electron chi connectivity index (χ3n) is 7.20. The van der Waals surface area contributed by atoms with Crippen LogP contribution in [0.15, 0.2) is 75.9 Å². The summed E-state index contributed by atoms with van der Waals surface area (Å²) in [7, 11) is 2.70. The van der Waals surface area contributed by atoms with Gasteiger partial charge in [0.2, 0.25) is 0 Å². The smallest absolute Gasteiger partial charge is 0.197 e. The summed E-state index contributed by atoms with van der Waals surface area (Å²) in [5.74, 6) is -0.978. The molecule has 4 aromatic carbocycles. The number of ketones is 1. The maximum Gasteiger partial charge on any atom is 0.197 e. The van der Waals surface area contributed by atoms with Gasteiger partial charge in [0.05, 0.1) is 31.8 Å². The molecule has 1 atom stereocenters. The van der Waals surface area contributed by atoms with E-state index in [9.17, 15) is 30.0 Å². The molecule has 0 saturated carbocycles. The van der Waals surface area contributed by atoms with Crippen molar-refractivity contribution in [2.45, 2.75) is 12.5 Å². The van der Waals surface area contributed by atoms with Crippen LogP contribution in [0.4, 0.5) is 0 Å². The van der Waals surface area contributed by atoms with Crippen LogP contribution in [0, 0.1) is 0 Å². The number of hydrogen-bond donors (Lipinski definition) is 4. The highest BCUT2D eigenvalue weighted by atomic mass is 16.5. The van der Waals surface area contributed by atoms with Crippen LogP contribution in [-0.4, -0.2) is 40.4 Å². The fraction of sp³-hybridized carbons (Fsp3) is 0.125. The second kappa shape index (κ2) is 10.1. The number of methoxy groups -OCH3 is 2. The van der Waals surface area contributed by atoms with Crippen molar-refractivity contribution in [1.29, 1.82) is 0 Å². The van der Waals surface area contributed by atoms with Gasteiger partial charge in [-0.2, -0.15) is 0 Å². The van der Waals surface area contributed by atoms with Crippen LogP contribution in [0.1, 0.15) is 28.4 Å². The standard InChI is InChI=1S/C32H24O10/c1-39-24-13-20(36)27-19(35)11-23(16-5-9-18(34)10-6-16)42-32(27)30(24)29-25(40-2)14-26-28(31(29)38)21(37)12-22(41-26)15-3-7-17(33)8-4-15/h3-10,12-14,23,33-34,36,38H,11H2,1-2H3. The molecule has 42 heavy (non-hydrogen) atoms. The number of carbonyl (C=O) groups is 1. The molecule has 0 aliphatic carbocycles. The topological polar surface area (TPSA) is 156 Å². The quantitative estimate of drug-likeness (QED) is 0.208. The van der Waals surface area contributed by atoms with Gasteiger partial charge in [-0.05, 0) is 42.0 Å². The number of Topliss-reactive ketones (excluding diaryl/α,β-unsaturated/α-hetero) is 1. The van der Waals surface area contributed by atoms with Crippen molar-refractivity contribution >= 4 is 16.8 Å². The summed E-state index contributed by atoms with van der Waals surface area (Å²) in [5, 5.41) is 41.6. The van der Waals surface area contributed by atoms with Gasteiger partial charge in [0.25, 0.3) is 0 Å². The Morgan fingerprint density at radius 3 is 2.02 bits per heavy atom. The summed E-state index contributed by atoms with van der Waals surface area (Å²) in [6.45, 7) is 0.